The van der Waals surface area contributed by atoms with Gasteiger partial charge in [-0.25, -0.2) is 0 Å². The second kappa shape index (κ2) is 5.86. The molecule has 1 unspecified atom stereocenters. The third-order valence-corrected chi connectivity index (χ3v) is 4.61. The van der Waals surface area contributed by atoms with Crippen molar-refractivity contribution < 1.29 is 14.3 Å². The number of hydrogen-bond donors (Lipinski definition) is 1. The Morgan fingerprint density at radius 1 is 1.08 bits per heavy atom. The molecule has 5 nitrogen and oxygen atoms in total. The average molecular weight is 335 g/mol. The summed E-state index contributed by atoms with van der Waals surface area (Å²) in [6.45, 7) is 1.93. The molecule has 2 aromatic carbocycles. The van der Waals surface area contributed by atoms with Crippen LogP contribution in [-0.2, 0) is 0 Å². The number of benzene rings is 2. The number of β-amino-alcohol motifs (C(OH)–C–C–N with tert-alkyl or cyclic N) is 1. The molecule has 0 spiro atoms. The SMILES string of the molecule is Cc1ccc(C2c3c(oc4ccccc4c3=O)C(=O)N2CCO)cc1. The number of rotatable bonds is 3. The van der Waals surface area contributed by atoms with Crippen molar-refractivity contribution in [1.29, 1.82) is 0 Å². The first-order valence-electron chi connectivity index (χ1n) is 8.16. The third-order valence-electron chi connectivity index (χ3n) is 4.61. The van der Waals surface area contributed by atoms with Gasteiger partial charge in [0, 0.05) is 6.54 Å². The highest BCUT2D eigenvalue weighted by molar-refractivity contribution is 5.99. The Balaban J connectivity index is 2.00. The van der Waals surface area contributed by atoms with E-state index in [0.29, 0.717) is 16.5 Å². The van der Waals surface area contributed by atoms with Crippen LogP contribution in [0.5, 0.6) is 0 Å². The molecule has 3 aromatic rings. The van der Waals surface area contributed by atoms with Gasteiger partial charge in [-0.2, -0.15) is 0 Å². The van der Waals surface area contributed by atoms with E-state index in [9.17, 15) is 14.7 Å². The van der Waals surface area contributed by atoms with Crippen molar-refractivity contribution in [2.45, 2.75) is 13.0 Å². The van der Waals surface area contributed by atoms with Gasteiger partial charge in [0.05, 0.1) is 23.6 Å². The zero-order chi connectivity index (χ0) is 17.6. The highest BCUT2D eigenvalue weighted by atomic mass is 16.3. The number of amides is 1. The van der Waals surface area contributed by atoms with Crippen LogP contribution >= 0.6 is 0 Å². The Morgan fingerprint density at radius 2 is 1.80 bits per heavy atom. The summed E-state index contributed by atoms with van der Waals surface area (Å²) in [4.78, 5) is 27.4. The van der Waals surface area contributed by atoms with Gasteiger partial charge in [0.25, 0.3) is 5.91 Å². The van der Waals surface area contributed by atoms with Crippen LogP contribution < -0.4 is 5.43 Å². The molecule has 25 heavy (non-hydrogen) atoms. The number of aryl methyl sites for hydroxylation is 1. The molecule has 1 aliphatic rings. The number of aliphatic hydroxyl groups is 1. The molecule has 0 bridgehead atoms. The summed E-state index contributed by atoms with van der Waals surface area (Å²) in [7, 11) is 0. The molecule has 1 aliphatic heterocycles. The second-order valence-electron chi connectivity index (χ2n) is 6.21. The molecular formula is C20H17NO4. The Kier molecular flexibility index (Phi) is 3.66. The summed E-state index contributed by atoms with van der Waals surface area (Å²) < 4.78 is 5.78. The topological polar surface area (TPSA) is 70.8 Å². The zero-order valence-corrected chi connectivity index (χ0v) is 13.7. The van der Waals surface area contributed by atoms with E-state index < -0.39 is 6.04 Å². The molecule has 4 rings (SSSR count). The monoisotopic (exact) mass is 335 g/mol. The number of carbonyl (C=O) groups excluding carboxylic acids is 1. The number of carbonyl (C=O) groups is 1. The van der Waals surface area contributed by atoms with E-state index in [4.69, 9.17) is 4.42 Å². The molecule has 1 aromatic heterocycles. The van der Waals surface area contributed by atoms with Crippen molar-refractivity contribution in [3.8, 4) is 0 Å². The maximum Gasteiger partial charge on any atom is 0.290 e. The molecule has 0 aliphatic carbocycles. The van der Waals surface area contributed by atoms with Crippen molar-refractivity contribution in [3.05, 3.63) is 81.2 Å². The van der Waals surface area contributed by atoms with E-state index in [-0.39, 0.29) is 30.2 Å². The fourth-order valence-corrected chi connectivity index (χ4v) is 3.40. The van der Waals surface area contributed by atoms with Crippen molar-refractivity contribution >= 4 is 16.9 Å². The predicted molar refractivity (Wildman–Crippen MR) is 93.6 cm³/mol. The number of hydrogen-bond acceptors (Lipinski definition) is 4. The molecule has 2 heterocycles. The van der Waals surface area contributed by atoms with Crippen molar-refractivity contribution in [2.75, 3.05) is 13.2 Å². The van der Waals surface area contributed by atoms with Crippen LogP contribution in [0.2, 0.25) is 0 Å². The molecule has 126 valence electrons. The van der Waals surface area contributed by atoms with Gasteiger partial charge in [-0.05, 0) is 24.6 Å². The minimum atomic E-state index is -0.545. The molecule has 0 saturated heterocycles. The van der Waals surface area contributed by atoms with E-state index in [1.807, 2.05) is 31.2 Å². The molecule has 0 radical (unpaired) electrons. The molecule has 0 saturated carbocycles. The van der Waals surface area contributed by atoms with Crippen LogP contribution in [0.3, 0.4) is 0 Å². The first kappa shape index (κ1) is 15.6. The lowest BCUT2D eigenvalue weighted by atomic mass is 9.98. The van der Waals surface area contributed by atoms with E-state index in [1.54, 1.807) is 24.3 Å². The Labute approximate surface area is 144 Å². The van der Waals surface area contributed by atoms with Gasteiger partial charge in [-0.1, -0.05) is 42.0 Å². The highest BCUT2D eigenvalue weighted by Gasteiger charge is 2.42. The normalized spacial score (nSPS) is 16.5. The number of fused-ring (bicyclic) bond motifs is 2. The Hall–Kier alpha value is -2.92. The zero-order valence-electron chi connectivity index (χ0n) is 13.7. The van der Waals surface area contributed by atoms with E-state index in [0.717, 1.165) is 11.1 Å². The van der Waals surface area contributed by atoms with Crippen LogP contribution in [0, 0.1) is 6.92 Å². The smallest absolute Gasteiger partial charge is 0.290 e. The van der Waals surface area contributed by atoms with Gasteiger partial charge < -0.3 is 14.4 Å². The van der Waals surface area contributed by atoms with Crippen LogP contribution in [0.1, 0.15) is 33.3 Å². The minimum Gasteiger partial charge on any atom is -0.450 e. The van der Waals surface area contributed by atoms with E-state index >= 15 is 0 Å². The fourth-order valence-electron chi connectivity index (χ4n) is 3.40. The Bertz CT molecular complexity index is 1020. The second-order valence-corrected chi connectivity index (χ2v) is 6.21. The molecule has 0 fully saturated rings. The predicted octanol–water partition coefficient (Wildman–Crippen LogP) is 2.64. The third kappa shape index (κ3) is 2.36. The molecular weight excluding hydrogens is 318 g/mol. The maximum absolute atomic E-state index is 13.1. The summed E-state index contributed by atoms with van der Waals surface area (Å²) in [6, 6.07) is 14.1. The quantitative estimate of drug-likeness (QED) is 0.799. The number of aliphatic hydroxyl groups excluding tert-OH is 1. The fraction of sp³-hybridized carbons (Fsp3) is 0.200. The van der Waals surface area contributed by atoms with Gasteiger partial charge in [-0.15, -0.1) is 0 Å². The average Bonchev–Trinajstić information content (AvgIpc) is 2.89. The lowest BCUT2D eigenvalue weighted by molar-refractivity contribution is 0.0691. The lowest BCUT2D eigenvalue weighted by Gasteiger charge is -2.24. The van der Waals surface area contributed by atoms with Gasteiger partial charge >= 0.3 is 0 Å². The summed E-state index contributed by atoms with van der Waals surface area (Å²) in [5.74, 6) is -0.291. The molecule has 5 heteroatoms. The standard InChI is InChI=1S/C20H17NO4/c1-12-6-8-13(9-7-12)17-16-18(23)14-4-2-3-5-15(14)25-19(16)20(24)21(17)10-11-22/h2-9,17,22H,10-11H2,1H3. The van der Waals surface area contributed by atoms with E-state index in [2.05, 4.69) is 0 Å². The first-order chi connectivity index (χ1) is 12.1. The molecule has 1 amide bonds. The van der Waals surface area contributed by atoms with Crippen LogP contribution in [-0.4, -0.2) is 29.1 Å². The summed E-state index contributed by atoms with van der Waals surface area (Å²) in [5, 5.41) is 9.84. The van der Waals surface area contributed by atoms with Crippen LogP contribution in [0.4, 0.5) is 0 Å². The van der Waals surface area contributed by atoms with Gasteiger partial charge in [0.15, 0.2) is 5.43 Å². The number of nitrogens with zero attached hydrogens (tertiary/aromatic N) is 1. The van der Waals surface area contributed by atoms with E-state index in [1.165, 1.54) is 4.90 Å². The summed E-state index contributed by atoms with van der Waals surface area (Å²) in [6.07, 6.45) is 0. The van der Waals surface area contributed by atoms with Crippen molar-refractivity contribution in [1.82, 2.24) is 4.90 Å². The van der Waals surface area contributed by atoms with Crippen molar-refractivity contribution in [2.24, 2.45) is 0 Å². The molecule has 1 N–H and O–H groups in total. The first-order valence-corrected chi connectivity index (χ1v) is 8.16. The van der Waals surface area contributed by atoms with Crippen molar-refractivity contribution in [3.63, 3.8) is 0 Å². The largest absolute Gasteiger partial charge is 0.450 e. The maximum atomic E-state index is 13.1. The van der Waals surface area contributed by atoms with Gasteiger partial charge in [0.2, 0.25) is 5.76 Å². The Morgan fingerprint density at radius 3 is 2.52 bits per heavy atom. The van der Waals surface area contributed by atoms with Crippen LogP contribution in [0.15, 0.2) is 57.7 Å². The minimum absolute atomic E-state index is 0.0720. The molecule has 1 atom stereocenters. The summed E-state index contributed by atoms with van der Waals surface area (Å²) >= 11 is 0. The lowest BCUT2D eigenvalue weighted by Crippen LogP contribution is -2.32. The summed E-state index contributed by atoms with van der Waals surface area (Å²) in [5.41, 5.74) is 2.46. The van der Waals surface area contributed by atoms with Gasteiger partial charge in [0.1, 0.15) is 5.58 Å². The number of para-hydroxylation sites is 1. The van der Waals surface area contributed by atoms with Gasteiger partial charge in [-0.3, -0.25) is 9.59 Å². The van der Waals surface area contributed by atoms with Crippen LogP contribution in [0.25, 0.3) is 11.0 Å². The highest BCUT2D eigenvalue weighted by Crippen LogP contribution is 2.37.